The van der Waals surface area contributed by atoms with Crippen molar-refractivity contribution < 1.29 is 4.74 Å². The Morgan fingerprint density at radius 1 is 1.12 bits per heavy atom. The molecule has 2 aliphatic rings. The van der Waals surface area contributed by atoms with Crippen molar-refractivity contribution in [3.8, 4) is 5.75 Å². The highest BCUT2D eigenvalue weighted by molar-refractivity contribution is 9.10. The first-order chi connectivity index (χ1) is 12.1. The summed E-state index contributed by atoms with van der Waals surface area (Å²) in [6, 6.07) is 14.3. The molecular weight excluding hydrogens is 400 g/mol. The van der Waals surface area contributed by atoms with Gasteiger partial charge < -0.3 is 10.1 Å². The van der Waals surface area contributed by atoms with Crippen LogP contribution in [0.2, 0.25) is 5.02 Å². The van der Waals surface area contributed by atoms with Gasteiger partial charge in [-0.3, -0.25) is 4.90 Å². The second-order valence-electron chi connectivity index (χ2n) is 6.97. The Hall–Kier alpha value is -1.23. The molecule has 0 amide bonds. The van der Waals surface area contributed by atoms with E-state index in [0.29, 0.717) is 0 Å². The molecule has 0 atom stereocenters. The van der Waals surface area contributed by atoms with Gasteiger partial charge in [0.05, 0.1) is 0 Å². The maximum Gasteiger partial charge on any atom is 0.119 e. The van der Waals surface area contributed by atoms with Crippen molar-refractivity contribution in [1.82, 2.24) is 4.90 Å². The number of nitrogens with zero attached hydrogens (tertiary/aromatic N) is 1. The van der Waals surface area contributed by atoms with Crippen LogP contribution in [0.5, 0.6) is 5.75 Å². The van der Waals surface area contributed by atoms with E-state index in [1.54, 1.807) is 0 Å². The van der Waals surface area contributed by atoms with Crippen molar-refractivity contribution >= 4 is 33.2 Å². The van der Waals surface area contributed by atoms with Gasteiger partial charge in [-0.15, -0.1) is 0 Å². The molecular formula is C20H22BrClN2O. The number of hydrogen-bond donors (Lipinski definition) is 1. The topological polar surface area (TPSA) is 24.5 Å². The molecule has 4 rings (SSSR count). The lowest BCUT2D eigenvalue weighted by molar-refractivity contribution is 0.144. The summed E-state index contributed by atoms with van der Waals surface area (Å²) in [5.74, 6) is 0.931. The van der Waals surface area contributed by atoms with Crippen molar-refractivity contribution in [1.29, 1.82) is 0 Å². The van der Waals surface area contributed by atoms with Crippen LogP contribution >= 0.6 is 27.5 Å². The first kappa shape index (κ1) is 17.2. The van der Waals surface area contributed by atoms with Gasteiger partial charge in [0, 0.05) is 33.7 Å². The van der Waals surface area contributed by atoms with E-state index in [2.05, 4.69) is 38.3 Å². The molecule has 2 aromatic carbocycles. The molecule has 1 saturated heterocycles. The molecule has 0 unspecified atom stereocenters. The Morgan fingerprint density at radius 3 is 2.64 bits per heavy atom. The number of hydrogen-bond acceptors (Lipinski definition) is 3. The number of ether oxygens (including phenoxy) is 1. The summed E-state index contributed by atoms with van der Waals surface area (Å²) < 4.78 is 6.94. The van der Waals surface area contributed by atoms with Crippen molar-refractivity contribution in [2.75, 3.05) is 38.1 Å². The second kappa shape index (κ2) is 7.18. The molecule has 0 aliphatic carbocycles. The predicted octanol–water partition coefficient (Wildman–Crippen LogP) is 4.94. The lowest BCUT2D eigenvalue weighted by atomic mass is 9.74. The van der Waals surface area contributed by atoms with Crippen LogP contribution in [0.3, 0.4) is 0 Å². The highest BCUT2D eigenvalue weighted by Gasteiger charge is 2.41. The lowest BCUT2D eigenvalue weighted by Crippen LogP contribution is -2.44. The Labute approximate surface area is 162 Å². The summed E-state index contributed by atoms with van der Waals surface area (Å²) in [7, 11) is 0. The molecule has 0 radical (unpaired) electrons. The molecule has 1 fully saturated rings. The monoisotopic (exact) mass is 420 g/mol. The summed E-state index contributed by atoms with van der Waals surface area (Å²) >= 11 is 9.68. The Morgan fingerprint density at radius 2 is 1.88 bits per heavy atom. The SMILES string of the molecule is Clc1ccc2c(c1)C1(CCN(CCOc3ccc(Br)cc3)CC1)CN2. The highest BCUT2D eigenvalue weighted by Crippen LogP contribution is 2.44. The van der Waals surface area contributed by atoms with Gasteiger partial charge in [-0.2, -0.15) is 0 Å². The number of likely N-dealkylation sites (tertiary alicyclic amines) is 1. The molecule has 1 N–H and O–H groups in total. The fraction of sp³-hybridized carbons (Fsp3) is 0.400. The first-order valence-electron chi connectivity index (χ1n) is 8.79. The maximum absolute atomic E-state index is 6.23. The van der Waals surface area contributed by atoms with Crippen LogP contribution in [-0.4, -0.2) is 37.7 Å². The van der Waals surface area contributed by atoms with E-state index >= 15 is 0 Å². The van der Waals surface area contributed by atoms with Crippen molar-refractivity contribution in [3.63, 3.8) is 0 Å². The van der Waals surface area contributed by atoms with E-state index in [0.717, 1.165) is 48.0 Å². The molecule has 0 bridgehead atoms. The third-order valence-corrected chi connectivity index (χ3v) is 6.24. The molecule has 1 spiro atoms. The smallest absolute Gasteiger partial charge is 0.119 e. The van der Waals surface area contributed by atoms with Gasteiger partial charge in [-0.05, 0) is 74.0 Å². The maximum atomic E-state index is 6.23. The second-order valence-corrected chi connectivity index (χ2v) is 8.32. The lowest BCUT2D eigenvalue weighted by Gasteiger charge is -2.39. The van der Waals surface area contributed by atoms with Crippen molar-refractivity contribution in [2.45, 2.75) is 18.3 Å². The van der Waals surface area contributed by atoms with Crippen LogP contribution in [0, 0.1) is 0 Å². The fourth-order valence-electron chi connectivity index (χ4n) is 3.94. The molecule has 2 aromatic rings. The van der Waals surface area contributed by atoms with Crippen molar-refractivity contribution in [3.05, 3.63) is 57.5 Å². The van der Waals surface area contributed by atoms with E-state index in [-0.39, 0.29) is 5.41 Å². The molecule has 0 saturated carbocycles. The van der Waals surface area contributed by atoms with E-state index in [1.165, 1.54) is 24.1 Å². The van der Waals surface area contributed by atoms with Gasteiger partial charge in [0.15, 0.2) is 0 Å². The van der Waals surface area contributed by atoms with Crippen LogP contribution in [0.1, 0.15) is 18.4 Å². The van der Waals surface area contributed by atoms with Crippen LogP contribution < -0.4 is 10.1 Å². The third-order valence-electron chi connectivity index (χ3n) is 5.47. The summed E-state index contributed by atoms with van der Waals surface area (Å²) in [6.07, 6.45) is 2.34. The number of piperidine rings is 1. The molecule has 132 valence electrons. The number of benzene rings is 2. The van der Waals surface area contributed by atoms with E-state index in [9.17, 15) is 0 Å². The summed E-state index contributed by atoms with van der Waals surface area (Å²) in [4.78, 5) is 2.51. The Balaban J connectivity index is 1.31. The van der Waals surface area contributed by atoms with E-state index < -0.39 is 0 Å². The number of anilines is 1. The fourth-order valence-corrected chi connectivity index (χ4v) is 4.38. The largest absolute Gasteiger partial charge is 0.492 e. The normalized spacial score (nSPS) is 18.8. The molecule has 3 nitrogen and oxygen atoms in total. The zero-order valence-corrected chi connectivity index (χ0v) is 16.4. The molecule has 2 aliphatic heterocycles. The summed E-state index contributed by atoms with van der Waals surface area (Å²) in [5, 5.41) is 4.41. The minimum atomic E-state index is 0.253. The van der Waals surface area contributed by atoms with Crippen LogP contribution in [0.25, 0.3) is 0 Å². The van der Waals surface area contributed by atoms with Gasteiger partial charge in [0.25, 0.3) is 0 Å². The average molecular weight is 422 g/mol. The number of rotatable bonds is 4. The van der Waals surface area contributed by atoms with Gasteiger partial charge in [-0.1, -0.05) is 27.5 Å². The minimum absolute atomic E-state index is 0.253. The predicted molar refractivity (Wildman–Crippen MR) is 107 cm³/mol. The zero-order chi connectivity index (χ0) is 17.3. The summed E-state index contributed by atoms with van der Waals surface area (Å²) in [6.45, 7) is 4.96. The molecule has 2 heterocycles. The first-order valence-corrected chi connectivity index (χ1v) is 9.96. The van der Waals surface area contributed by atoms with Gasteiger partial charge >= 0.3 is 0 Å². The van der Waals surface area contributed by atoms with Gasteiger partial charge in [-0.25, -0.2) is 0 Å². The highest BCUT2D eigenvalue weighted by atomic mass is 79.9. The molecule has 25 heavy (non-hydrogen) atoms. The number of halogens is 2. The van der Waals surface area contributed by atoms with E-state index in [1.807, 2.05) is 30.3 Å². The van der Waals surface area contributed by atoms with Crippen molar-refractivity contribution in [2.24, 2.45) is 0 Å². The van der Waals surface area contributed by atoms with Crippen LogP contribution in [0.15, 0.2) is 46.9 Å². The van der Waals surface area contributed by atoms with E-state index in [4.69, 9.17) is 16.3 Å². The Bertz CT molecular complexity index is 742. The average Bonchev–Trinajstić information content (AvgIpc) is 2.96. The zero-order valence-electron chi connectivity index (χ0n) is 14.1. The molecule has 5 heteroatoms. The quantitative estimate of drug-likeness (QED) is 0.756. The third kappa shape index (κ3) is 3.67. The summed E-state index contributed by atoms with van der Waals surface area (Å²) in [5.41, 5.74) is 2.92. The van der Waals surface area contributed by atoms with Gasteiger partial charge in [0.1, 0.15) is 12.4 Å². The number of nitrogens with one attached hydrogen (secondary N) is 1. The standard InChI is InChI=1S/C20H22BrClN2O/c21-15-1-4-17(5-2-15)25-12-11-24-9-7-20(8-10-24)14-23-19-6-3-16(22)13-18(19)20/h1-6,13,23H,7-12,14H2. The minimum Gasteiger partial charge on any atom is -0.492 e. The molecule has 0 aromatic heterocycles. The van der Waals surface area contributed by atoms with Gasteiger partial charge in [0.2, 0.25) is 0 Å². The van der Waals surface area contributed by atoms with Crippen LogP contribution in [-0.2, 0) is 5.41 Å². The number of fused-ring (bicyclic) bond motifs is 2. The van der Waals surface area contributed by atoms with Crippen LogP contribution in [0.4, 0.5) is 5.69 Å². The Kier molecular flexibility index (Phi) is 4.94.